The Hall–Kier alpha value is -0.0500. The summed E-state index contributed by atoms with van der Waals surface area (Å²) in [7, 11) is 0. The molecule has 0 rings (SSSR count). The van der Waals surface area contributed by atoms with E-state index in [9.17, 15) is 0 Å². The lowest BCUT2D eigenvalue weighted by molar-refractivity contribution is 0.886. The van der Waals surface area contributed by atoms with E-state index in [-0.39, 0.29) is 0 Å². The first-order valence-electron chi connectivity index (χ1n) is 8.74. The van der Waals surface area contributed by atoms with Crippen LogP contribution in [0.5, 0.6) is 0 Å². The summed E-state index contributed by atoms with van der Waals surface area (Å²) >= 11 is 2.25. The normalized spacial score (nSPS) is 9.62. The van der Waals surface area contributed by atoms with Crippen LogP contribution < -0.4 is 0 Å². The van der Waals surface area contributed by atoms with Crippen LogP contribution in [0, 0.1) is 0 Å². The first-order valence-corrected chi connectivity index (χ1v) is 9.99. The highest BCUT2D eigenvalue weighted by Gasteiger charge is 1.85. The molecule has 21 heavy (non-hydrogen) atoms. The summed E-state index contributed by atoms with van der Waals surface area (Å²) in [5.74, 6) is 0. The summed E-state index contributed by atoms with van der Waals surface area (Å²) < 4.78 is 2.06. The van der Waals surface area contributed by atoms with Crippen LogP contribution in [0.2, 0.25) is 0 Å². The van der Waals surface area contributed by atoms with Gasteiger partial charge in [0.2, 0.25) is 0 Å². The van der Waals surface area contributed by atoms with Crippen LogP contribution in [-0.2, 0) is 0 Å². The molecule has 0 heterocycles. The Kier molecular flexibility index (Phi) is 50.9. The van der Waals surface area contributed by atoms with Crippen molar-refractivity contribution in [3.05, 3.63) is 34.5 Å². The van der Waals surface area contributed by atoms with Crippen molar-refractivity contribution < 1.29 is 0 Å². The molecule has 0 spiro atoms. The number of allylic oxidation sites excluding steroid dienone is 4. The molecule has 0 aromatic heterocycles. The molecule has 0 aliphatic heterocycles. The highest BCUT2D eigenvalue weighted by molar-refractivity contribution is 14.1. The van der Waals surface area contributed by atoms with Crippen LogP contribution in [0.25, 0.3) is 0 Å². The lowest BCUT2D eigenvalue weighted by atomic mass is 10.1. The van der Waals surface area contributed by atoms with Gasteiger partial charge in [0, 0.05) is 0 Å². The monoisotopic (exact) mass is 408 g/mol. The van der Waals surface area contributed by atoms with Crippen molar-refractivity contribution in [1.29, 1.82) is 0 Å². The largest absolute Gasteiger partial charge is 0.103 e. The highest BCUT2D eigenvalue weighted by Crippen LogP contribution is 2.06. The fourth-order valence-corrected chi connectivity index (χ4v) is 1.26. The molecule has 0 N–H and O–H groups in total. The molecule has 0 aliphatic carbocycles. The van der Waals surface area contributed by atoms with Crippen LogP contribution in [0.3, 0.4) is 0 Å². The van der Waals surface area contributed by atoms with Gasteiger partial charge in [0.05, 0.1) is 0 Å². The van der Waals surface area contributed by atoms with Crippen molar-refractivity contribution in [2.45, 2.75) is 93.4 Å². The van der Waals surface area contributed by atoms with Gasteiger partial charge >= 0.3 is 0 Å². The van der Waals surface area contributed by atoms with Crippen molar-refractivity contribution in [2.24, 2.45) is 0 Å². The predicted molar refractivity (Wildman–Crippen MR) is 113 cm³/mol. The molecule has 0 saturated carbocycles. The maximum Gasteiger partial charge on any atom is -0.0231 e. The van der Waals surface area contributed by atoms with Gasteiger partial charge in [-0.1, -0.05) is 121 Å². The molecule has 0 nitrogen and oxygen atoms in total. The van der Waals surface area contributed by atoms with Gasteiger partial charge in [-0.05, 0) is 23.3 Å². The van der Waals surface area contributed by atoms with Gasteiger partial charge in [0.1, 0.15) is 0 Å². The number of halogens is 1. The van der Waals surface area contributed by atoms with E-state index in [0.29, 0.717) is 0 Å². The molecule has 0 amide bonds. The average Bonchev–Trinajstić information content (AvgIpc) is 2.56. The first kappa shape index (κ1) is 29.0. The molecular weight excluding hydrogens is 367 g/mol. The fourth-order valence-electron chi connectivity index (χ4n) is 0.798. The average molecular weight is 408 g/mol. The topological polar surface area (TPSA) is 0 Å². The zero-order chi connectivity index (χ0) is 17.4. The molecule has 0 bridgehead atoms. The zero-order valence-corrected chi connectivity index (χ0v) is 18.0. The van der Waals surface area contributed by atoms with E-state index in [1.54, 1.807) is 0 Å². The second-order valence-corrected chi connectivity index (χ2v) is 5.01. The third-order valence-electron chi connectivity index (χ3n) is 2.46. The molecule has 128 valence electrons. The van der Waals surface area contributed by atoms with Crippen LogP contribution in [-0.4, -0.2) is 0 Å². The Balaban J connectivity index is -0.000000119. The second-order valence-electron chi connectivity index (χ2n) is 4.29. The van der Waals surface area contributed by atoms with E-state index in [0.717, 1.165) is 19.3 Å². The Labute approximate surface area is 150 Å². The van der Waals surface area contributed by atoms with E-state index in [4.69, 9.17) is 0 Å². The van der Waals surface area contributed by atoms with Gasteiger partial charge in [0.15, 0.2) is 0 Å². The second kappa shape index (κ2) is 36.8. The van der Waals surface area contributed by atoms with Gasteiger partial charge in [-0.2, -0.15) is 0 Å². The standard InChI is InChI=1S/C10H15I.2C4H10.C2H6/c1-3-5-6-7-10(4-2)8-9-11;2*1-3-4-2;1-2/h3,7-9H,1,4-6H2,2H3;2*3-4H2,1-2H3;1-2H3/b9-8-,10-7+;;;. The van der Waals surface area contributed by atoms with Crippen LogP contribution in [0.1, 0.15) is 93.4 Å². The smallest absolute Gasteiger partial charge is 0.0231 e. The quantitative estimate of drug-likeness (QED) is 0.171. The molecule has 0 atom stereocenters. The number of hydrogen-bond donors (Lipinski definition) is 0. The lowest BCUT2D eigenvalue weighted by Gasteiger charge is -1.94. The van der Waals surface area contributed by atoms with E-state index < -0.39 is 0 Å². The molecule has 0 unspecified atom stereocenters. The van der Waals surface area contributed by atoms with E-state index in [1.165, 1.54) is 31.3 Å². The van der Waals surface area contributed by atoms with Crippen LogP contribution in [0.4, 0.5) is 0 Å². The van der Waals surface area contributed by atoms with Gasteiger partial charge in [-0.3, -0.25) is 0 Å². The molecule has 1 heteroatoms. The predicted octanol–water partition coefficient (Wildman–Crippen LogP) is 8.88. The van der Waals surface area contributed by atoms with Crippen molar-refractivity contribution >= 4 is 22.6 Å². The molecule has 0 aromatic carbocycles. The maximum absolute atomic E-state index is 3.68. The van der Waals surface area contributed by atoms with Crippen molar-refractivity contribution in [3.8, 4) is 0 Å². The first-order chi connectivity index (χ1) is 10.2. The summed E-state index contributed by atoms with van der Waals surface area (Å²) in [6.07, 6.45) is 15.0. The summed E-state index contributed by atoms with van der Waals surface area (Å²) in [5, 5.41) is 0. The minimum Gasteiger partial charge on any atom is -0.103 e. The molecule has 0 aliphatic rings. The van der Waals surface area contributed by atoms with E-state index in [1.807, 2.05) is 19.9 Å². The summed E-state index contributed by atoms with van der Waals surface area (Å²) in [6.45, 7) is 18.6. The summed E-state index contributed by atoms with van der Waals surface area (Å²) in [5.41, 5.74) is 1.42. The number of unbranched alkanes of at least 4 members (excludes halogenated alkanes) is 3. The van der Waals surface area contributed by atoms with Crippen LogP contribution >= 0.6 is 22.6 Å². The minimum absolute atomic E-state index is 1.08. The fraction of sp³-hybridized carbons (Fsp3) is 0.700. The molecule has 0 saturated heterocycles. The Morgan fingerprint density at radius 2 is 1.29 bits per heavy atom. The van der Waals surface area contributed by atoms with Gasteiger partial charge in [0.25, 0.3) is 0 Å². The van der Waals surface area contributed by atoms with Crippen molar-refractivity contribution in [1.82, 2.24) is 0 Å². The zero-order valence-electron chi connectivity index (χ0n) is 15.8. The van der Waals surface area contributed by atoms with Crippen molar-refractivity contribution in [2.75, 3.05) is 0 Å². The van der Waals surface area contributed by atoms with Crippen molar-refractivity contribution in [3.63, 3.8) is 0 Å². The van der Waals surface area contributed by atoms with Gasteiger partial charge in [-0.25, -0.2) is 0 Å². The molecule has 0 radical (unpaired) electrons. The highest BCUT2D eigenvalue weighted by atomic mass is 127. The van der Waals surface area contributed by atoms with Gasteiger partial charge < -0.3 is 0 Å². The summed E-state index contributed by atoms with van der Waals surface area (Å²) in [6, 6.07) is 0. The van der Waals surface area contributed by atoms with Gasteiger partial charge in [-0.15, -0.1) is 6.58 Å². The molecule has 0 fully saturated rings. The lowest BCUT2D eigenvalue weighted by Crippen LogP contribution is -1.74. The number of rotatable bonds is 7. The van der Waals surface area contributed by atoms with E-state index in [2.05, 4.69) is 80.0 Å². The molecule has 0 aromatic rings. The number of hydrogen-bond acceptors (Lipinski definition) is 0. The third-order valence-corrected chi connectivity index (χ3v) is 2.82. The van der Waals surface area contributed by atoms with E-state index >= 15 is 0 Å². The maximum atomic E-state index is 3.68. The molecular formula is C20H41I. The van der Waals surface area contributed by atoms with Crippen LogP contribution in [0.15, 0.2) is 34.5 Å². The Bertz CT molecular complexity index is 194. The third kappa shape index (κ3) is 45.0. The Morgan fingerprint density at radius 3 is 1.52 bits per heavy atom. The summed E-state index contributed by atoms with van der Waals surface area (Å²) in [4.78, 5) is 0. The SMILES string of the molecule is C=CCC/C=C(/C=C\I)CC.CC.CCCC.CCCC. The minimum atomic E-state index is 1.08. The Morgan fingerprint density at radius 1 is 0.857 bits per heavy atom.